The molecule has 0 aliphatic carbocycles. The second-order valence-electron chi connectivity index (χ2n) is 3.58. The second-order valence-corrected chi connectivity index (χ2v) is 4.56. The fourth-order valence-electron chi connectivity index (χ4n) is 1.21. The van der Waals surface area contributed by atoms with Crippen LogP contribution in [0.4, 0.5) is 0 Å². The molecular weight excluding hydrogens is 228 g/mol. The van der Waals surface area contributed by atoms with Crippen LogP contribution in [0.15, 0.2) is 0 Å². The molecule has 0 radical (unpaired) electrons. The highest BCUT2D eigenvalue weighted by atomic mass is 32.2. The standard InChI is InChI=1S/C10H20N2O3S/c1-3-4-7(11)9(13)12-8(10(14)15)5-6-16-2/h7-8H,3-6,11H2,1-2H3,(H,12,13)(H,14,15)/t7-,8?/m1/s1. The maximum absolute atomic E-state index is 11.5. The highest BCUT2D eigenvalue weighted by Crippen LogP contribution is 2.02. The molecule has 1 amide bonds. The van der Waals surface area contributed by atoms with Gasteiger partial charge in [0.1, 0.15) is 6.04 Å². The summed E-state index contributed by atoms with van der Waals surface area (Å²) in [7, 11) is 0. The SMILES string of the molecule is CCC[C@@H](N)C(=O)NC(CCSC)C(=O)O. The predicted molar refractivity (Wildman–Crippen MR) is 65.4 cm³/mol. The lowest BCUT2D eigenvalue weighted by molar-refractivity contribution is -0.142. The number of carboxylic acid groups (broad SMARTS) is 1. The Morgan fingerprint density at radius 3 is 2.50 bits per heavy atom. The van der Waals surface area contributed by atoms with Crippen LogP contribution < -0.4 is 11.1 Å². The largest absolute Gasteiger partial charge is 0.480 e. The van der Waals surface area contributed by atoms with E-state index in [1.807, 2.05) is 13.2 Å². The van der Waals surface area contributed by atoms with Gasteiger partial charge in [-0.1, -0.05) is 13.3 Å². The number of rotatable bonds is 8. The summed E-state index contributed by atoms with van der Waals surface area (Å²) in [5.41, 5.74) is 5.59. The Kier molecular flexibility index (Phi) is 8.01. The minimum atomic E-state index is -1.01. The summed E-state index contributed by atoms with van der Waals surface area (Å²) >= 11 is 1.55. The van der Waals surface area contributed by atoms with Crippen LogP contribution in [0.25, 0.3) is 0 Å². The van der Waals surface area contributed by atoms with Gasteiger partial charge >= 0.3 is 5.97 Å². The van der Waals surface area contributed by atoms with E-state index in [0.29, 0.717) is 18.6 Å². The first-order valence-corrected chi connectivity index (χ1v) is 6.70. The van der Waals surface area contributed by atoms with Gasteiger partial charge in [-0.2, -0.15) is 11.8 Å². The third-order valence-corrected chi connectivity index (χ3v) is 2.81. The first-order chi connectivity index (χ1) is 7.52. The first kappa shape index (κ1) is 15.2. The van der Waals surface area contributed by atoms with E-state index < -0.39 is 18.1 Å². The van der Waals surface area contributed by atoms with E-state index in [-0.39, 0.29) is 5.91 Å². The molecule has 94 valence electrons. The zero-order valence-corrected chi connectivity index (χ0v) is 10.5. The van der Waals surface area contributed by atoms with Crippen molar-refractivity contribution in [2.75, 3.05) is 12.0 Å². The Bertz CT molecular complexity index is 236. The Morgan fingerprint density at radius 1 is 1.44 bits per heavy atom. The van der Waals surface area contributed by atoms with Gasteiger partial charge in [0.15, 0.2) is 0 Å². The summed E-state index contributed by atoms with van der Waals surface area (Å²) in [5.74, 6) is -0.693. The molecule has 0 spiro atoms. The van der Waals surface area contributed by atoms with Crippen LogP contribution in [-0.2, 0) is 9.59 Å². The van der Waals surface area contributed by atoms with Crippen molar-refractivity contribution >= 4 is 23.6 Å². The Morgan fingerprint density at radius 2 is 2.06 bits per heavy atom. The molecule has 0 bridgehead atoms. The van der Waals surface area contributed by atoms with Crippen LogP contribution in [0.2, 0.25) is 0 Å². The summed E-state index contributed by atoms with van der Waals surface area (Å²) in [4.78, 5) is 22.4. The Balaban J connectivity index is 4.17. The van der Waals surface area contributed by atoms with Gasteiger partial charge < -0.3 is 16.2 Å². The Labute approximate surface area is 100 Å². The van der Waals surface area contributed by atoms with E-state index in [1.165, 1.54) is 0 Å². The molecule has 2 atom stereocenters. The number of hydrogen-bond donors (Lipinski definition) is 3. The molecule has 0 fully saturated rings. The molecule has 0 saturated heterocycles. The zero-order chi connectivity index (χ0) is 12.6. The summed E-state index contributed by atoms with van der Waals surface area (Å²) in [6.07, 6.45) is 3.68. The molecule has 0 saturated carbocycles. The van der Waals surface area contributed by atoms with Crippen molar-refractivity contribution in [1.29, 1.82) is 0 Å². The first-order valence-electron chi connectivity index (χ1n) is 5.30. The smallest absolute Gasteiger partial charge is 0.326 e. The van der Waals surface area contributed by atoms with Gasteiger partial charge in [-0.25, -0.2) is 4.79 Å². The molecule has 0 aromatic heterocycles. The number of carbonyl (C=O) groups is 2. The maximum atomic E-state index is 11.5. The lowest BCUT2D eigenvalue weighted by Gasteiger charge is -2.17. The lowest BCUT2D eigenvalue weighted by Crippen LogP contribution is -2.48. The topological polar surface area (TPSA) is 92.4 Å². The normalized spacial score (nSPS) is 14.2. The van der Waals surface area contributed by atoms with Crippen molar-refractivity contribution in [2.24, 2.45) is 5.73 Å². The van der Waals surface area contributed by atoms with E-state index in [2.05, 4.69) is 5.32 Å². The quantitative estimate of drug-likeness (QED) is 0.579. The summed E-state index contributed by atoms with van der Waals surface area (Å²) in [6, 6.07) is -1.44. The van der Waals surface area contributed by atoms with Gasteiger partial charge in [0, 0.05) is 0 Å². The molecule has 6 heteroatoms. The third-order valence-electron chi connectivity index (χ3n) is 2.16. The number of carboxylic acids is 1. The Hall–Kier alpha value is -0.750. The van der Waals surface area contributed by atoms with Crippen molar-refractivity contribution in [1.82, 2.24) is 5.32 Å². The van der Waals surface area contributed by atoms with Crippen LogP contribution in [0, 0.1) is 0 Å². The molecule has 0 aromatic rings. The summed E-state index contributed by atoms with van der Waals surface area (Å²) in [5, 5.41) is 11.4. The number of amides is 1. The number of nitrogens with one attached hydrogen (secondary N) is 1. The highest BCUT2D eigenvalue weighted by Gasteiger charge is 2.22. The molecule has 16 heavy (non-hydrogen) atoms. The minimum Gasteiger partial charge on any atom is -0.480 e. The zero-order valence-electron chi connectivity index (χ0n) is 9.73. The van der Waals surface area contributed by atoms with Gasteiger partial charge in [-0.05, 0) is 24.9 Å². The van der Waals surface area contributed by atoms with Gasteiger partial charge in [-0.15, -0.1) is 0 Å². The van der Waals surface area contributed by atoms with E-state index >= 15 is 0 Å². The van der Waals surface area contributed by atoms with Crippen LogP contribution in [-0.4, -0.2) is 41.1 Å². The molecule has 0 aliphatic heterocycles. The van der Waals surface area contributed by atoms with Crippen LogP contribution in [0.5, 0.6) is 0 Å². The highest BCUT2D eigenvalue weighted by molar-refractivity contribution is 7.98. The van der Waals surface area contributed by atoms with Crippen LogP contribution in [0.1, 0.15) is 26.2 Å². The van der Waals surface area contributed by atoms with Gasteiger partial charge in [0.05, 0.1) is 6.04 Å². The molecule has 4 N–H and O–H groups in total. The monoisotopic (exact) mass is 248 g/mol. The number of carbonyl (C=O) groups excluding carboxylic acids is 1. The molecule has 0 aromatic carbocycles. The molecule has 0 heterocycles. The fraction of sp³-hybridized carbons (Fsp3) is 0.800. The van der Waals surface area contributed by atoms with Gasteiger partial charge in [-0.3, -0.25) is 4.79 Å². The van der Waals surface area contributed by atoms with Crippen LogP contribution in [0.3, 0.4) is 0 Å². The third kappa shape index (κ3) is 5.97. The van der Waals surface area contributed by atoms with Crippen molar-refractivity contribution in [3.05, 3.63) is 0 Å². The number of nitrogens with two attached hydrogens (primary N) is 1. The minimum absolute atomic E-state index is 0.379. The summed E-state index contributed by atoms with van der Waals surface area (Å²) < 4.78 is 0. The molecule has 0 aliphatic rings. The predicted octanol–water partition coefficient (Wildman–Crippen LogP) is 0.436. The average Bonchev–Trinajstić information content (AvgIpc) is 2.23. The maximum Gasteiger partial charge on any atom is 0.326 e. The van der Waals surface area contributed by atoms with E-state index in [1.54, 1.807) is 11.8 Å². The van der Waals surface area contributed by atoms with E-state index in [9.17, 15) is 9.59 Å². The number of aliphatic carboxylic acids is 1. The number of hydrogen-bond acceptors (Lipinski definition) is 4. The second kappa shape index (κ2) is 8.41. The van der Waals surface area contributed by atoms with Crippen molar-refractivity contribution in [2.45, 2.75) is 38.3 Å². The lowest BCUT2D eigenvalue weighted by atomic mass is 10.1. The van der Waals surface area contributed by atoms with Crippen LogP contribution >= 0.6 is 11.8 Å². The molecule has 1 unspecified atom stereocenters. The van der Waals surface area contributed by atoms with Crippen molar-refractivity contribution in [3.8, 4) is 0 Å². The molecule has 5 nitrogen and oxygen atoms in total. The van der Waals surface area contributed by atoms with E-state index in [4.69, 9.17) is 10.8 Å². The molecule has 0 rings (SSSR count). The van der Waals surface area contributed by atoms with Gasteiger partial charge in [0.25, 0.3) is 0 Å². The van der Waals surface area contributed by atoms with Crippen molar-refractivity contribution < 1.29 is 14.7 Å². The number of thioether (sulfide) groups is 1. The van der Waals surface area contributed by atoms with Crippen molar-refractivity contribution in [3.63, 3.8) is 0 Å². The van der Waals surface area contributed by atoms with Gasteiger partial charge in [0.2, 0.25) is 5.91 Å². The fourth-order valence-corrected chi connectivity index (χ4v) is 1.69. The molecular formula is C10H20N2O3S. The average molecular weight is 248 g/mol. The van der Waals surface area contributed by atoms with E-state index in [0.717, 1.165) is 6.42 Å². The summed E-state index contributed by atoms with van der Waals surface area (Å²) in [6.45, 7) is 1.93.